The molecule has 96 valence electrons. The van der Waals surface area contributed by atoms with E-state index in [9.17, 15) is 5.11 Å². The lowest BCUT2D eigenvalue weighted by Crippen LogP contribution is -2.02. The Kier molecular flexibility index (Phi) is 6.68. The minimum absolute atomic E-state index is 0.383. The third-order valence-electron chi connectivity index (χ3n) is 2.57. The van der Waals surface area contributed by atoms with Crippen LogP contribution in [0.1, 0.15) is 24.8 Å². The lowest BCUT2D eigenvalue weighted by molar-refractivity contribution is 0.184. The second kappa shape index (κ2) is 8.38. The summed E-state index contributed by atoms with van der Waals surface area (Å²) in [5.74, 6) is 6.94. The Hall–Kier alpha value is -1.72. The van der Waals surface area contributed by atoms with Crippen molar-refractivity contribution < 1.29 is 9.84 Å². The Balaban J connectivity index is 2.32. The number of ether oxygens (including phenoxy) is 1. The van der Waals surface area contributed by atoms with Crippen LogP contribution in [-0.2, 0) is 6.42 Å². The molecule has 0 spiro atoms. The van der Waals surface area contributed by atoms with Gasteiger partial charge in [-0.3, -0.25) is 0 Å². The quantitative estimate of drug-likeness (QED) is 0.616. The molecule has 1 aromatic carbocycles. The standard InChI is InChI=1S/C16H20O2/c1-3-8-15(17)11-6-4-5-9-14-10-7-12-16(13-14)18-2/h3,7,10,12-13,15,17H,1,5,8-9,11H2,2H3. The van der Waals surface area contributed by atoms with Gasteiger partial charge in [0, 0.05) is 12.8 Å². The molecule has 2 heteroatoms. The van der Waals surface area contributed by atoms with Crippen molar-refractivity contribution in [1.29, 1.82) is 0 Å². The molecule has 0 bridgehead atoms. The average Bonchev–Trinajstić information content (AvgIpc) is 2.39. The summed E-state index contributed by atoms with van der Waals surface area (Å²) in [6, 6.07) is 8.00. The van der Waals surface area contributed by atoms with Gasteiger partial charge in [-0.1, -0.05) is 18.2 Å². The second-order valence-corrected chi connectivity index (χ2v) is 4.09. The van der Waals surface area contributed by atoms with E-state index in [4.69, 9.17) is 4.74 Å². The van der Waals surface area contributed by atoms with Crippen LogP contribution >= 0.6 is 0 Å². The van der Waals surface area contributed by atoms with E-state index in [0.717, 1.165) is 18.6 Å². The third-order valence-corrected chi connectivity index (χ3v) is 2.57. The summed E-state index contributed by atoms with van der Waals surface area (Å²) in [7, 11) is 1.67. The van der Waals surface area contributed by atoms with Crippen LogP contribution < -0.4 is 4.74 Å². The molecule has 0 amide bonds. The summed E-state index contributed by atoms with van der Waals surface area (Å²) < 4.78 is 5.16. The number of hydrogen-bond donors (Lipinski definition) is 1. The Morgan fingerprint density at radius 3 is 3.00 bits per heavy atom. The van der Waals surface area contributed by atoms with Crippen LogP contribution in [-0.4, -0.2) is 18.3 Å². The Morgan fingerprint density at radius 1 is 1.44 bits per heavy atom. The molecule has 2 nitrogen and oxygen atoms in total. The van der Waals surface area contributed by atoms with Gasteiger partial charge in [0.15, 0.2) is 0 Å². The number of aliphatic hydroxyl groups is 1. The van der Waals surface area contributed by atoms with Gasteiger partial charge >= 0.3 is 0 Å². The van der Waals surface area contributed by atoms with Gasteiger partial charge in [-0.05, 0) is 30.5 Å². The molecule has 0 aliphatic carbocycles. The largest absolute Gasteiger partial charge is 0.497 e. The van der Waals surface area contributed by atoms with E-state index in [0.29, 0.717) is 12.8 Å². The molecule has 0 saturated heterocycles. The number of benzene rings is 1. The van der Waals surface area contributed by atoms with Crippen molar-refractivity contribution in [1.82, 2.24) is 0 Å². The number of methoxy groups -OCH3 is 1. The van der Waals surface area contributed by atoms with Gasteiger partial charge in [-0.25, -0.2) is 0 Å². The summed E-state index contributed by atoms with van der Waals surface area (Å²) >= 11 is 0. The fourth-order valence-corrected chi connectivity index (χ4v) is 1.59. The highest BCUT2D eigenvalue weighted by Gasteiger charge is 1.97. The highest BCUT2D eigenvalue weighted by molar-refractivity contribution is 5.28. The number of aliphatic hydroxyl groups excluding tert-OH is 1. The van der Waals surface area contributed by atoms with Crippen LogP contribution in [0.4, 0.5) is 0 Å². The Morgan fingerprint density at radius 2 is 2.28 bits per heavy atom. The highest BCUT2D eigenvalue weighted by atomic mass is 16.5. The van der Waals surface area contributed by atoms with Crippen molar-refractivity contribution in [2.75, 3.05) is 7.11 Å². The van der Waals surface area contributed by atoms with Crippen molar-refractivity contribution in [3.05, 3.63) is 42.5 Å². The fraction of sp³-hybridized carbons (Fsp3) is 0.375. The minimum Gasteiger partial charge on any atom is -0.497 e. The summed E-state index contributed by atoms with van der Waals surface area (Å²) in [6.45, 7) is 3.58. The van der Waals surface area contributed by atoms with Crippen LogP contribution in [0.15, 0.2) is 36.9 Å². The smallest absolute Gasteiger partial charge is 0.119 e. The summed E-state index contributed by atoms with van der Waals surface area (Å²) in [6.07, 6.45) is 4.15. The average molecular weight is 244 g/mol. The first-order valence-electron chi connectivity index (χ1n) is 6.14. The van der Waals surface area contributed by atoms with E-state index in [1.165, 1.54) is 5.56 Å². The van der Waals surface area contributed by atoms with Gasteiger partial charge in [0.1, 0.15) is 5.75 Å². The van der Waals surface area contributed by atoms with Crippen molar-refractivity contribution >= 4 is 0 Å². The summed E-state index contributed by atoms with van der Waals surface area (Å²) in [5, 5.41) is 9.44. The van der Waals surface area contributed by atoms with Crippen molar-refractivity contribution in [2.24, 2.45) is 0 Å². The molecule has 18 heavy (non-hydrogen) atoms. The first-order chi connectivity index (χ1) is 8.76. The molecular weight excluding hydrogens is 224 g/mol. The summed E-state index contributed by atoms with van der Waals surface area (Å²) in [5.41, 5.74) is 1.22. The maximum Gasteiger partial charge on any atom is 0.119 e. The molecule has 0 radical (unpaired) electrons. The van der Waals surface area contributed by atoms with E-state index in [1.807, 2.05) is 18.2 Å². The molecular formula is C16H20O2. The molecule has 1 aromatic rings. The lowest BCUT2D eigenvalue weighted by atomic mass is 10.1. The van der Waals surface area contributed by atoms with E-state index >= 15 is 0 Å². The van der Waals surface area contributed by atoms with Crippen LogP contribution in [0, 0.1) is 11.8 Å². The zero-order valence-corrected chi connectivity index (χ0v) is 10.9. The molecule has 0 aromatic heterocycles. The van der Waals surface area contributed by atoms with Gasteiger partial charge in [0.2, 0.25) is 0 Å². The van der Waals surface area contributed by atoms with Crippen LogP contribution in [0.25, 0.3) is 0 Å². The van der Waals surface area contributed by atoms with Crippen LogP contribution in [0.2, 0.25) is 0 Å². The highest BCUT2D eigenvalue weighted by Crippen LogP contribution is 2.13. The van der Waals surface area contributed by atoms with E-state index < -0.39 is 0 Å². The van der Waals surface area contributed by atoms with Gasteiger partial charge in [-0.15, -0.1) is 18.4 Å². The molecule has 0 aliphatic heterocycles. The number of rotatable bonds is 6. The molecule has 1 unspecified atom stereocenters. The minimum atomic E-state index is -0.383. The van der Waals surface area contributed by atoms with E-state index in [1.54, 1.807) is 13.2 Å². The Labute approximate surface area is 109 Å². The second-order valence-electron chi connectivity index (χ2n) is 4.09. The monoisotopic (exact) mass is 244 g/mol. The maximum absolute atomic E-state index is 9.44. The summed E-state index contributed by atoms with van der Waals surface area (Å²) in [4.78, 5) is 0. The first kappa shape index (κ1) is 14.3. The molecule has 0 heterocycles. The SMILES string of the molecule is C=CCC(O)CC#CCCc1cccc(OC)c1. The number of hydrogen-bond acceptors (Lipinski definition) is 2. The van der Waals surface area contributed by atoms with Crippen LogP contribution in [0.3, 0.4) is 0 Å². The zero-order chi connectivity index (χ0) is 13.2. The van der Waals surface area contributed by atoms with Crippen molar-refractivity contribution in [3.8, 4) is 17.6 Å². The van der Waals surface area contributed by atoms with E-state index in [2.05, 4.69) is 24.5 Å². The van der Waals surface area contributed by atoms with Gasteiger partial charge in [0.25, 0.3) is 0 Å². The molecule has 1 atom stereocenters. The number of aryl methyl sites for hydroxylation is 1. The molecule has 1 N–H and O–H groups in total. The van der Waals surface area contributed by atoms with Gasteiger partial charge in [0.05, 0.1) is 13.2 Å². The van der Waals surface area contributed by atoms with Gasteiger partial charge in [-0.2, -0.15) is 0 Å². The molecule has 1 rings (SSSR count). The lowest BCUT2D eigenvalue weighted by Gasteiger charge is -2.02. The van der Waals surface area contributed by atoms with E-state index in [-0.39, 0.29) is 6.10 Å². The zero-order valence-electron chi connectivity index (χ0n) is 10.9. The predicted molar refractivity (Wildman–Crippen MR) is 74.5 cm³/mol. The molecule has 0 aliphatic rings. The maximum atomic E-state index is 9.44. The predicted octanol–water partition coefficient (Wildman–Crippen LogP) is 2.96. The topological polar surface area (TPSA) is 29.5 Å². The van der Waals surface area contributed by atoms with Gasteiger partial charge < -0.3 is 9.84 Å². The van der Waals surface area contributed by atoms with Crippen molar-refractivity contribution in [3.63, 3.8) is 0 Å². The van der Waals surface area contributed by atoms with Crippen molar-refractivity contribution in [2.45, 2.75) is 31.8 Å². The van der Waals surface area contributed by atoms with Crippen LogP contribution in [0.5, 0.6) is 5.75 Å². The molecule has 0 saturated carbocycles. The normalized spacial score (nSPS) is 11.2. The fourth-order valence-electron chi connectivity index (χ4n) is 1.59. The third kappa shape index (κ3) is 5.56. The Bertz CT molecular complexity index is 426. The molecule has 0 fully saturated rings. The first-order valence-corrected chi connectivity index (χ1v) is 6.14.